The summed E-state index contributed by atoms with van der Waals surface area (Å²) in [6.07, 6.45) is 0. The molecule has 0 aliphatic heterocycles. The second-order valence-electron chi connectivity index (χ2n) is 3.86. The Morgan fingerprint density at radius 3 is 2.25 bits per heavy atom. The molecule has 0 aliphatic carbocycles. The van der Waals surface area contributed by atoms with E-state index < -0.39 is 10.0 Å². The zero-order chi connectivity index (χ0) is 12.5. The maximum absolute atomic E-state index is 12.2. The third kappa shape index (κ3) is 2.05. The predicted molar refractivity (Wildman–Crippen MR) is 65.8 cm³/mol. The van der Waals surface area contributed by atoms with Crippen LogP contribution in [0.1, 0.15) is 18.1 Å². The number of hydrogen-bond acceptors (Lipinski definition) is 3. The van der Waals surface area contributed by atoms with Gasteiger partial charge in [-0.25, -0.2) is 12.7 Å². The summed E-state index contributed by atoms with van der Waals surface area (Å²) in [4.78, 5) is 0.233. The SMILES string of the molecule is CCN(C)S(=O)(=O)c1c(C)ccc(C)c1N. The molecule has 0 fully saturated rings. The summed E-state index contributed by atoms with van der Waals surface area (Å²) in [6, 6.07) is 3.61. The van der Waals surface area contributed by atoms with E-state index in [0.29, 0.717) is 17.8 Å². The minimum atomic E-state index is -3.46. The number of benzene rings is 1. The summed E-state index contributed by atoms with van der Waals surface area (Å²) < 4.78 is 25.7. The summed E-state index contributed by atoms with van der Waals surface area (Å²) >= 11 is 0. The van der Waals surface area contributed by atoms with Crippen molar-refractivity contribution in [1.82, 2.24) is 4.31 Å². The average Bonchev–Trinajstić information content (AvgIpc) is 2.22. The molecule has 1 rings (SSSR count). The third-order valence-electron chi connectivity index (χ3n) is 2.72. The van der Waals surface area contributed by atoms with Gasteiger partial charge in [0, 0.05) is 13.6 Å². The van der Waals surface area contributed by atoms with E-state index in [0.717, 1.165) is 5.56 Å². The molecule has 0 atom stereocenters. The van der Waals surface area contributed by atoms with Crippen molar-refractivity contribution in [3.8, 4) is 0 Å². The van der Waals surface area contributed by atoms with E-state index in [1.807, 2.05) is 6.07 Å². The smallest absolute Gasteiger partial charge is 0.245 e. The summed E-state index contributed by atoms with van der Waals surface area (Å²) in [7, 11) is -1.91. The molecule has 16 heavy (non-hydrogen) atoms. The minimum absolute atomic E-state index is 0.233. The second kappa shape index (κ2) is 4.43. The van der Waals surface area contributed by atoms with Crippen LogP contribution in [0.25, 0.3) is 0 Å². The van der Waals surface area contributed by atoms with Gasteiger partial charge in [-0.15, -0.1) is 0 Å². The van der Waals surface area contributed by atoms with Gasteiger partial charge >= 0.3 is 0 Å². The molecule has 4 nitrogen and oxygen atoms in total. The molecule has 0 spiro atoms. The first kappa shape index (κ1) is 13.0. The highest BCUT2D eigenvalue weighted by atomic mass is 32.2. The number of aryl methyl sites for hydroxylation is 2. The lowest BCUT2D eigenvalue weighted by Crippen LogP contribution is -2.28. The van der Waals surface area contributed by atoms with Gasteiger partial charge in [0.25, 0.3) is 0 Å². The molecular weight excluding hydrogens is 224 g/mol. The van der Waals surface area contributed by atoms with E-state index in [2.05, 4.69) is 0 Å². The van der Waals surface area contributed by atoms with Gasteiger partial charge in [0.2, 0.25) is 10.0 Å². The Morgan fingerprint density at radius 1 is 1.25 bits per heavy atom. The lowest BCUT2D eigenvalue weighted by atomic mass is 10.1. The highest BCUT2D eigenvalue weighted by Crippen LogP contribution is 2.27. The van der Waals surface area contributed by atoms with Crippen LogP contribution < -0.4 is 5.73 Å². The molecule has 5 heteroatoms. The lowest BCUT2D eigenvalue weighted by molar-refractivity contribution is 0.486. The minimum Gasteiger partial charge on any atom is -0.397 e. The van der Waals surface area contributed by atoms with E-state index in [1.165, 1.54) is 4.31 Å². The van der Waals surface area contributed by atoms with Gasteiger partial charge in [-0.1, -0.05) is 19.1 Å². The fourth-order valence-corrected chi connectivity index (χ4v) is 3.04. The topological polar surface area (TPSA) is 63.4 Å². The number of nitrogen functional groups attached to an aromatic ring is 1. The van der Waals surface area contributed by atoms with Crippen molar-refractivity contribution in [2.45, 2.75) is 25.7 Å². The maximum atomic E-state index is 12.2. The molecule has 0 aliphatic rings. The number of hydrogen-bond donors (Lipinski definition) is 1. The molecule has 1 aromatic carbocycles. The van der Waals surface area contributed by atoms with Gasteiger partial charge in [0.15, 0.2) is 0 Å². The van der Waals surface area contributed by atoms with Gasteiger partial charge < -0.3 is 5.73 Å². The van der Waals surface area contributed by atoms with Crippen molar-refractivity contribution in [2.75, 3.05) is 19.3 Å². The van der Waals surface area contributed by atoms with Gasteiger partial charge in [0.1, 0.15) is 4.90 Å². The van der Waals surface area contributed by atoms with Crippen molar-refractivity contribution in [2.24, 2.45) is 0 Å². The third-order valence-corrected chi connectivity index (χ3v) is 4.86. The first-order valence-electron chi connectivity index (χ1n) is 5.14. The molecule has 0 bridgehead atoms. The van der Waals surface area contributed by atoms with Crippen molar-refractivity contribution in [3.63, 3.8) is 0 Å². The van der Waals surface area contributed by atoms with Gasteiger partial charge in [0.05, 0.1) is 5.69 Å². The number of anilines is 1. The zero-order valence-corrected chi connectivity index (χ0v) is 10.9. The fourth-order valence-electron chi connectivity index (χ4n) is 1.48. The van der Waals surface area contributed by atoms with Crippen LogP contribution in [0.2, 0.25) is 0 Å². The maximum Gasteiger partial charge on any atom is 0.245 e. The van der Waals surface area contributed by atoms with E-state index in [4.69, 9.17) is 5.73 Å². The molecule has 90 valence electrons. The number of sulfonamides is 1. The molecule has 0 amide bonds. The molecule has 2 N–H and O–H groups in total. The second-order valence-corrected chi connectivity index (χ2v) is 5.84. The summed E-state index contributed by atoms with van der Waals surface area (Å²) in [5.41, 5.74) is 7.67. The summed E-state index contributed by atoms with van der Waals surface area (Å²) in [6.45, 7) is 5.78. The Kier molecular flexibility index (Phi) is 3.60. The van der Waals surface area contributed by atoms with Crippen LogP contribution in [-0.2, 0) is 10.0 Å². The van der Waals surface area contributed by atoms with Gasteiger partial charge in [-0.05, 0) is 25.0 Å². The van der Waals surface area contributed by atoms with Crippen molar-refractivity contribution >= 4 is 15.7 Å². The Morgan fingerprint density at radius 2 is 1.75 bits per heavy atom. The Balaban J connectivity index is 3.50. The molecule has 0 saturated carbocycles. The molecule has 0 aromatic heterocycles. The molecule has 0 heterocycles. The molecule has 0 radical (unpaired) electrons. The van der Waals surface area contributed by atoms with Crippen LogP contribution in [0.3, 0.4) is 0 Å². The van der Waals surface area contributed by atoms with Crippen LogP contribution in [0.5, 0.6) is 0 Å². The van der Waals surface area contributed by atoms with Crippen molar-refractivity contribution in [1.29, 1.82) is 0 Å². The van der Waals surface area contributed by atoms with Crippen molar-refractivity contribution in [3.05, 3.63) is 23.3 Å². The summed E-state index contributed by atoms with van der Waals surface area (Å²) in [5.74, 6) is 0. The zero-order valence-electron chi connectivity index (χ0n) is 10.1. The van der Waals surface area contributed by atoms with E-state index in [1.54, 1.807) is 33.9 Å². The quantitative estimate of drug-likeness (QED) is 0.817. The fraction of sp³-hybridized carbons (Fsp3) is 0.455. The first-order valence-corrected chi connectivity index (χ1v) is 6.58. The Labute approximate surface area is 97.1 Å². The van der Waals surface area contributed by atoms with Crippen LogP contribution >= 0.6 is 0 Å². The molecule has 1 aromatic rings. The largest absolute Gasteiger partial charge is 0.397 e. The monoisotopic (exact) mass is 242 g/mol. The van der Waals surface area contributed by atoms with Crippen LogP contribution in [0.15, 0.2) is 17.0 Å². The first-order chi connectivity index (χ1) is 7.32. The van der Waals surface area contributed by atoms with Crippen LogP contribution in [-0.4, -0.2) is 26.3 Å². The summed E-state index contributed by atoms with van der Waals surface area (Å²) in [5, 5.41) is 0. The number of nitrogens with two attached hydrogens (primary N) is 1. The normalized spacial score (nSPS) is 12.1. The van der Waals surface area contributed by atoms with E-state index >= 15 is 0 Å². The highest BCUT2D eigenvalue weighted by molar-refractivity contribution is 7.89. The Hall–Kier alpha value is -1.07. The number of nitrogens with zero attached hydrogens (tertiary/aromatic N) is 1. The van der Waals surface area contributed by atoms with Gasteiger partial charge in [-0.3, -0.25) is 0 Å². The standard InChI is InChI=1S/C11H18N2O2S/c1-5-13(4)16(14,15)11-9(3)7-6-8(2)10(11)12/h6-7H,5,12H2,1-4H3. The molecule has 0 unspecified atom stereocenters. The van der Waals surface area contributed by atoms with E-state index in [9.17, 15) is 8.42 Å². The molecular formula is C11H18N2O2S. The van der Waals surface area contributed by atoms with Crippen LogP contribution in [0, 0.1) is 13.8 Å². The predicted octanol–water partition coefficient (Wildman–Crippen LogP) is 1.53. The number of rotatable bonds is 3. The molecule has 0 saturated heterocycles. The average molecular weight is 242 g/mol. The van der Waals surface area contributed by atoms with Gasteiger partial charge in [-0.2, -0.15) is 0 Å². The van der Waals surface area contributed by atoms with Crippen molar-refractivity contribution < 1.29 is 8.42 Å². The highest BCUT2D eigenvalue weighted by Gasteiger charge is 2.24. The lowest BCUT2D eigenvalue weighted by Gasteiger charge is -2.19. The van der Waals surface area contributed by atoms with Crippen LogP contribution in [0.4, 0.5) is 5.69 Å². The Bertz CT molecular complexity index is 495. The van der Waals surface area contributed by atoms with E-state index in [-0.39, 0.29) is 4.90 Å².